The first kappa shape index (κ1) is 20.0. The molecule has 1 nitrogen and oxygen atoms in total. The minimum absolute atomic E-state index is 0.0270. The highest BCUT2D eigenvalue weighted by molar-refractivity contribution is 6.26. The monoisotopic (exact) mass is 631 g/mol. The fraction of sp³-hybridized carbons (Fsp3) is 0. The van der Waals surface area contributed by atoms with Gasteiger partial charge in [0, 0.05) is 10.8 Å². The van der Waals surface area contributed by atoms with Gasteiger partial charge in [-0.15, -0.1) is 0 Å². The summed E-state index contributed by atoms with van der Waals surface area (Å²) in [6.07, 6.45) is 0. The van der Waals surface area contributed by atoms with Crippen LogP contribution in [0.1, 0.15) is 12.3 Å². The van der Waals surface area contributed by atoms with Gasteiger partial charge in [0.15, 0.2) is 0 Å². The van der Waals surface area contributed by atoms with E-state index in [-0.39, 0.29) is 28.8 Å². The summed E-state index contributed by atoms with van der Waals surface area (Å²) < 4.78 is 86.2. The van der Waals surface area contributed by atoms with Gasteiger partial charge in [-0.1, -0.05) is 151 Å². The van der Waals surface area contributed by atoms with Gasteiger partial charge in [-0.2, -0.15) is 0 Å². The van der Waals surface area contributed by atoms with Crippen LogP contribution in [0, 0.1) is 0 Å². The standard InChI is InChI=1S/C48H30O/c1-3-13-31(14-4-1)33-19-11-20-37(27-33)46-38-21-9-10-22-39(38)47(40-26-25-36(28-42(40)46)32-15-5-2-6-16-32)41-23-12-24-44-48(41)43-29-34-17-7-8-18-35(34)30-45(43)49-44/h1-30H/i1D,3D,4D,11D,13D,14D,19D,20D,27D. The molecule has 10 rings (SSSR count). The Morgan fingerprint density at radius 3 is 1.92 bits per heavy atom. The number of furan rings is 1. The van der Waals surface area contributed by atoms with E-state index in [1.807, 2.05) is 97.1 Å². The van der Waals surface area contributed by atoms with Crippen molar-refractivity contribution in [2.45, 2.75) is 0 Å². The van der Waals surface area contributed by atoms with Crippen LogP contribution in [0.2, 0.25) is 0 Å². The third-order valence-corrected chi connectivity index (χ3v) is 9.39. The Balaban J connectivity index is 1.38. The number of fused-ring (bicyclic) bond motifs is 6. The Labute approximate surface area is 297 Å². The zero-order valence-corrected chi connectivity index (χ0v) is 26.0. The van der Waals surface area contributed by atoms with Gasteiger partial charge >= 0.3 is 0 Å². The molecule has 1 heteroatoms. The van der Waals surface area contributed by atoms with E-state index < -0.39 is 42.3 Å². The highest BCUT2D eigenvalue weighted by Gasteiger charge is 2.21. The van der Waals surface area contributed by atoms with Crippen LogP contribution < -0.4 is 0 Å². The van der Waals surface area contributed by atoms with Crippen LogP contribution in [0.4, 0.5) is 0 Å². The number of hydrogen-bond acceptors (Lipinski definition) is 1. The van der Waals surface area contributed by atoms with Crippen LogP contribution in [0.5, 0.6) is 0 Å². The molecule has 0 fully saturated rings. The first-order chi connectivity index (χ1) is 28.0. The summed E-state index contributed by atoms with van der Waals surface area (Å²) in [5, 5.41) is 7.01. The van der Waals surface area contributed by atoms with Crippen LogP contribution in [0.3, 0.4) is 0 Å². The van der Waals surface area contributed by atoms with E-state index in [1.54, 1.807) is 0 Å². The van der Waals surface area contributed by atoms with Crippen LogP contribution in [-0.2, 0) is 0 Å². The van der Waals surface area contributed by atoms with Gasteiger partial charge in [-0.25, -0.2) is 0 Å². The minimum atomic E-state index is -0.612. The molecule has 1 heterocycles. The molecule has 49 heavy (non-hydrogen) atoms. The fourth-order valence-electron chi connectivity index (χ4n) is 7.24. The van der Waals surface area contributed by atoms with Gasteiger partial charge in [0.1, 0.15) is 11.2 Å². The third-order valence-electron chi connectivity index (χ3n) is 9.39. The predicted octanol–water partition coefficient (Wildman–Crippen LogP) is 13.7. The van der Waals surface area contributed by atoms with Crippen molar-refractivity contribution < 1.29 is 16.8 Å². The molecular weight excluding hydrogens is 593 g/mol. The second kappa shape index (κ2) is 11.1. The Kier molecular flexibility index (Phi) is 4.53. The van der Waals surface area contributed by atoms with E-state index >= 15 is 0 Å². The lowest BCUT2D eigenvalue weighted by atomic mass is 9.83. The summed E-state index contributed by atoms with van der Waals surface area (Å²) in [7, 11) is 0. The molecular formula is C48H30O. The molecule has 0 radical (unpaired) electrons. The van der Waals surface area contributed by atoms with Crippen LogP contribution in [-0.4, -0.2) is 0 Å². The maximum atomic E-state index is 9.75. The topological polar surface area (TPSA) is 13.1 Å². The molecule has 1 aromatic heterocycles. The lowest BCUT2D eigenvalue weighted by Gasteiger charge is -2.19. The molecule has 0 unspecified atom stereocenters. The first-order valence-electron chi connectivity index (χ1n) is 20.6. The van der Waals surface area contributed by atoms with Crippen molar-refractivity contribution in [1.82, 2.24) is 0 Å². The maximum Gasteiger partial charge on any atom is 0.136 e. The molecule has 0 saturated carbocycles. The molecule has 0 amide bonds. The molecule has 0 saturated heterocycles. The second-order valence-electron chi connectivity index (χ2n) is 12.1. The van der Waals surface area contributed by atoms with Crippen LogP contribution in [0.25, 0.3) is 98.8 Å². The van der Waals surface area contributed by atoms with Gasteiger partial charge in [-0.3, -0.25) is 0 Å². The molecule has 0 aliphatic heterocycles. The normalized spacial score (nSPS) is 14.2. The summed E-state index contributed by atoms with van der Waals surface area (Å²) in [5.74, 6) is 0. The summed E-state index contributed by atoms with van der Waals surface area (Å²) in [6.45, 7) is 0. The number of benzene rings is 9. The van der Waals surface area contributed by atoms with Crippen molar-refractivity contribution in [3.63, 3.8) is 0 Å². The second-order valence-corrected chi connectivity index (χ2v) is 12.1. The average molecular weight is 632 g/mol. The molecule has 0 atom stereocenters. The Morgan fingerprint density at radius 1 is 0.388 bits per heavy atom. The minimum Gasteiger partial charge on any atom is -0.456 e. The van der Waals surface area contributed by atoms with E-state index in [1.165, 1.54) is 0 Å². The van der Waals surface area contributed by atoms with E-state index in [9.17, 15) is 2.74 Å². The van der Waals surface area contributed by atoms with Crippen molar-refractivity contribution >= 4 is 54.3 Å². The molecule has 0 aliphatic rings. The van der Waals surface area contributed by atoms with E-state index in [0.717, 1.165) is 65.7 Å². The van der Waals surface area contributed by atoms with Crippen molar-refractivity contribution in [3.05, 3.63) is 182 Å². The SMILES string of the molecule is [2H]c1c([2H])c([2H])c(-c2c([2H])c([2H])c([2H])c(-c3c4ccccc4c(-c4cccc5oc6cc7ccccc7cc6c45)c4ccc(-c5ccccc5)cc34)c2[2H])c([2H])c1[2H]. The van der Waals surface area contributed by atoms with Crippen molar-refractivity contribution in [2.24, 2.45) is 0 Å². The predicted molar refractivity (Wildman–Crippen MR) is 208 cm³/mol. The zero-order valence-electron chi connectivity index (χ0n) is 35.0. The van der Waals surface area contributed by atoms with E-state index in [2.05, 4.69) is 30.3 Å². The quantitative estimate of drug-likeness (QED) is 0.176. The summed E-state index contributed by atoms with van der Waals surface area (Å²) in [6, 6.07) is 37.3. The first-order valence-corrected chi connectivity index (χ1v) is 16.1. The molecule has 0 spiro atoms. The van der Waals surface area contributed by atoms with Gasteiger partial charge in [0.2, 0.25) is 0 Å². The third kappa shape index (κ3) is 4.47. The van der Waals surface area contributed by atoms with Gasteiger partial charge in [0.25, 0.3) is 0 Å². The molecule has 10 aromatic rings. The molecule has 0 aliphatic carbocycles. The van der Waals surface area contributed by atoms with Crippen LogP contribution >= 0.6 is 0 Å². The largest absolute Gasteiger partial charge is 0.456 e. The van der Waals surface area contributed by atoms with E-state index in [4.69, 9.17) is 14.0 Å². The van der Waals surface area contributed by atoms with Gasteiger partial charge < -0.3 is 4.42 Å². The van der Waals surface area contributed by atoms with Crippen molar-refractivity contribution in [2.75, 3.05) is 0 Å². The molecule has 0 N–H and O–H groups in total. The zero-order chi connectivity index (χ0) is 40.1. The molecule has 0 bridgehead atoms. The van der Waals surface area contributed by atoms with E-state index in [0.29, 0.717) is 16.3 Å². The Morgan fingerprint density at radius 2 is 1.08 bits per heavy atom. The number of rotatable bonds is 4. The molecule has 9 aromatic carbocycles. The summed E-state index contributed by atoms with van der Waals surface area (Å²) in [4.78, 5) is 0. The lowest BCUT2D eigenvalue weighted by molar-refractivity contribution is 0.669. The summed E-state index contributed by atoms with van der Waals surface area (Å²) >= 11 is 0. The maximum absolute atomic E-state index is 9.75. The van der Waals surface area contributed by atoms with Crippen LogP contribution in [0.15, 0.2) is 186 Å². The summed E-state index contributed by atoms with van der Waals surface area (Å²) in [5.41, 5.74) is 4.98. The van der Waals surface area contributed by atoms with Gasteiger partial charge in [0.05, 0.1) is 12.3 Å². The highest BCUT2D eigenvalue weighted by Crippen LogP contribution is 2.48. The number of hydrogen-bond donors (Lipinski definition) is 0. The van der Waals surface area contributed by atoms with Gasteiger partial charge in [-0.05, 0) is 107 Å². The van der Waals surface area contributed by atoms with Crippen molar-refractivity contribution in [1.29, 1.82) is 0 Å². The Hall–Kier alpha value is -6.44. The average Bonchev–Trinajstić information content (AvgIpc) is 3.62. The molecule has 228 valence electrons. The highest BCUT2D eigenvalue weighted by atomic mass is 16.3. The van der Waals surface area contributed by atoms with Crippen molar-refractivity contribution in [3.8, 4) is 44.5 Å². The smallest absolute Gasteiger partial charge is 0.136 e. The fourth-order valence-corrected chi connectivity index (χ4v) is 7.24. The lowest BCUT2D eigenvalue weighted by Crippen LogP contribution is -1.92. The Bertz CT molecular complexity index is 3360.